The summed E-state index contributed by atoms with van der Waals surface area (Å²) in [5.41, 5.74) is 1.62. The fraction of sp³-hybridized carbons (Fsp3) is 0.538. The van der Waals surface area contributed by atoms with Gasteiger partial charge in [-0.05, 0) is 49.4 Å². The third-order valence-electron chi connectivity index (χ3n) is 3.18. The van der Waals surface area contributed by atoms with E-state index in [-0.39, 0.29) is 4.90 Å². The van der Waals surface area contributed by atoms with Crippen LogP contribution in [-0.4, -0.2) is 15.0 Å². The van der Waals surface area contributed by atoms with Crippen LogP contribution < -0.4 is 4.74 Å². The van der Waals surface area contributed by atoms with E-state index in [2.05, 4.69) is 0 Å². The van der Waals surface area contributed by atoms with Crippen molar-refractivity contribution in [3.8, 4) is 5.75 Å². The molecule has 1 aromatic rings. The number of aryl methyl sites for hydroxylation is 2. The molecule has 0 N–H and O–H groups in total. The van der Waals surface area contributed by atoms with Crippen LogP contribution in [-0.2, 0) is 9.05 Å². The molecule has 0 atom stereocenters. The van der Waals surface area contributed by atoms with Crippen LogP contribution in [0.4, 0.5) is 0 Å². The van der Waals surface area contributed by atoms with Gasteiger partial charge >= 0.3 is 0 Å². The van der Waals surface area contributed by atoms with Crippen molar-refractivity contribution in [3.63, 3.8) is 0 Å². The number of ether oxygens (including phenoxy) is 1. The minimum absolute atomic E-state index is 0.133. The van der Waals surface area contributed by atoms with Crippen LogP contribution >= 0.6 is 10.7 Å². The maximum absolute atomic E-state index is 11.3. The lowest BCUT2D eigenvalue weighted by Crippen LogP contribution is -2.03. The predicted octanol–water partition coefficient (Wildman–Crippen LogP) is 3.41. The van der Waals surface area contributed by atoms with E-state index in [9.17, 15) is 8.42 Å². The van der Waals surface area contributed by atoms with Gasteiger partial charge in [0, 0.05) is 10.7 Å². The van der Waals surface area contributed by atoms with Gasteiger partial charge in [0.15, 0.2) is 0 Å². The summed E-state index contributed by atoms with van der Waals surface area (Å²) in [6.45, 7) is 4.37. The van der Waals surface area contributed by atoms with Gasteiger partial charge in [0.2, 0.25) is 0 Å². The molecule has 1 aromatic carbocycles. The third kappa shape index (κ3) is 3.39. The highest BCUT2D eigenvalue weighted by Gasteiger charge is 2.21. The highest BCUT2D eigenvalue weighted by Crippen LogP contribution is 2.33. The Hall–Kier alpha value is -0.740. The summed E-state index contributed by atoms with van der Waals surface area (Å²) in [5.74, 6) is 1.60. The van der Waals surface area contributed by atoms with Crippen molar-refractivity contribution in [2.75, 3.05) is 6.61 Å². The first kappa shape index (κ1) is 13.7. The van der Waals surface area contributed by atoms with E-state index in [4.69, 9.17) is 15.4 Å². The summed E-state index contributed by atoms with van der Waals surface area (Å²) in [4.78, 5) is 0.133. The van der Waals surface area contributed by atoms with Crippen LogP contribution in [0, 0.1) is 19.8 Å². The van der Waals surface area contributed by atoms with E-state index >= 15 is 0 Å². The monoisotopic (exact) mass is 288 g/mol. The highest BCUT2D eigenvalue weighted by atomic mass is 35.7. The summed E-state index contributed by atoms with van der Waals surface area (Å²) >= 11 is 0. The molecule has 5 heteroatoms. The van der Waals surface area contributed by atoms with E-state index in [1.807, 2.05) is 13.8 Å². The molecular formula is C13H17ClO3S. The van der Waals surface area contributed by atoms with Gasteiger partial charge in [0.1, 0.15) is 5.75 Å². The first-order valence-electron chi connectivity index (χ1n) is 6.06. The van der Waals surface area contributed by atoms with Gasteiger partial charge in [-0.3, -0.25) is 0 Å². The van der Waals surface area contributed by atoms with Gasteiger partial charge in [0.05, 0.1) is 11.5 Å². The van der Waals surface area contributed by atoms with Crippen LogP contribution in [0.15, 0.2) is 17.0 Å². The van der Waals surface area contributed by atoms with Crippen LogP contribution in [0.3, 0.4) is 0 Å². The Labute approximate surface area is 113 Å². The van der Waals surface area contributed by atoms with Crippen molar-refractivity contribution < 1.29 is 13.2 Å². The topological polar surface area (TPSA) is 43.4 Å². The molecule has 0 bridgehead atoms. The standard InChI is InChI=1S/C13H17ClO3S/c1-9-7-12(18(14,15)16)8-10(2)13(9)17-6-5-11-3-4-11/h7-8,11H,3-6H2,1-2H3. The largest absolute Gasteiger partial charge is 0.493 e. The second-order valence-electron chi connectivity index (χ2n) is 4.90. The number of hydrogen-bond donors (Lipinski definition) is 0. The molecule has 2 rings (SSSR count). The van der Waals surface area contributed by atoms with Crippen molar-refractivity contribution in [2.45, 2.75) is 38.0 Å². The molecule has 0 spiro atoms. The zero-order valence-electron chi connectivity index (χ0n) is 10.6. The number of hydrogen-bond acceptors (Lipinski definition) is 3. The molecule has 1 fully saturated rings. The van der Waals surface area contributed by atoms with Crippen LogP contribution in [0.2, 0.25) is 0 Å². The van der Waals surface area contributed by atoms with Crippen molar-refractivity contribution in [2.24, 2.45) is 5.92 Å². The van der Waals surface area contributed by atoms with Crippen molar-refractivity contribution in [3.05, 3.63) is 23.3 Å². The van der Waals surface area contributed by atoms with E-state index in [0.29, 0.717) is 6.61 Å². The molecule has 0 heterocycles. The second-order valence-corrected chi connectivity index (χ2v) is 7.47. The Kier molecular flexibility index (Phi) is 3.87. The Morgan fingerprint density at radius 3 is 2.28 bits per heavy atom. The van der Waals surface area contributed by atoms with Gasteiger partial charge in [-0.1, -0.05) is 12.8 Å². The highest BCUT2D eigenvalue weighted by molar-refractivity contribution is 8.13. The normalized spacial score (nSPS) is 15.7. The first-order chi connectivity index (χ1) is 8.38. The number of benzene rings is 1. The maximum atomic E-state index is 11.3. The van der Waals surface area contributed by atoms with E-state index < -0.39 is 9.05 Å². The zero-order valence-corrected chi connectivity index (χ0v) is 12.1. The van der Waals surface area contributed by atoms with Gasteiger partial charge in [-0.25, -0.2) is 8.42 Å². The van der Waals surface area contributed by atoms with Gasteiger partial charge in [0.25, 0.3) is 9.05 Å². The minimum Gasteiger partial charge on any atom is -0.493 e. The van der Waals surface area contributed by atoms with Crippen molar-refractivity contribution >= 4 is 19.7 Å². The Bertz CT molecular complexity index is 524. The van der Waals surface area contributed by atoms with E-state index in [1.165, 1.54) is 12.8 Å². The summed E-state index contributed by atoms with van der Waals surface area (Å²) in [6.07, 6.45) is 3.70. The Morgan fingerprint density at radius 1 is 1.28 bits per heavy atom. The average molecular weight is 289 g/mol. The molecule has 1 aliphatic rings. The van der Waals surface area contributed by atoms with Gasteiger partial charge < -0.3 is 4.74 Å². The second kappa shape index (κ2) is 5.10. The Morgan fingerprint density at radius 2 is 1.83 bits per heavy atom. The maximum Gasteiger partial charge on any atom is 0.261 e. The molecular weight excluding hydrogens is 272 g/mol. The quantitative estimate of drug-likeness (QED) is 0.780. The molecule has 18 heavy (non-hydrogen) atoms. The summed E-state index contributed by atoms with van der Waals surface area (Å²) in [7, 11) is 1.67. The predicted molar refractivity (Wildman–Crippen MR) is 71.8 cm³/mol. The lowest BCUT2D eigenvalue weighted by atomic mass is 10.1. The first-order valence-corrected chi connectivity index (χ1v) is 8.37. The molecule has 0 saturated heterocycles. The lowest BCUT2D eigenvalue weighted by Gasteiger charge is -2.13. The average Bonchev–Trinajstić information content (AvgIpc) is 3.04. The lowest BCUT2D eigenvalue weighted by molar-refractivity contribution is 0.298. The van der Waals surface area contributed by atoms with Crippen molar-refractivity contribution in [1.82, 2.24) is 0 Å². The summed E-state index contributed by atoms with van der Waals surface area (Å²) in [5, 5.41) is 0. The molecule has 1 saturated carbocycles. The van der Waals surface area contributed by atoms with Gasteiger partial charge in [-0.2, -0.15) is 0 Å². The minimum atomic E-state index is -3.67. The van der Waals surface area contributed by atoms with Crippen molar-refractivity contribution in [1.29, 1.82) is 0 Å². The molecule has 0 aromatic heterocycles. The molecule has 0 radical (unpaired) electrons. The van der Waals surface area contributed by atoms with Crippen LogP contribution in [0.25, 0.3) is 0 Å². The molecule has 0 unspecified atom stereocenters. The van der Waals surface area contributed by atoms with Gasteiger partial charge in [-0.15, -0.1) is 0 Å². The van der Waals surface area contributed by atoms with Crippen LogP contribution in [0.5, 0.6) is 5.75 Å². The fourth-order valence-electron chi connectivity index (χ4n) is 2.01. The molecule has 100 valence electrons. The summed E-state index contributed by atoms with van der Waals surface area (Å²) in [6, 6.07) is 3.11. The summed E-state index contributed by atoms with van der Waals surface area (Å²) < 4.78 is 28.3. The molecule has 0 amide bonds. The number of halogens is 1. The molecule has 1 aliphatic carbocycles. The van der Waals surface area contributed by atoms with E-state index in [0.717, 1.165) is 29.2 Å². The smallest absolute Gasteiger partial charge is 0.261 e. The fourth-order valence-corrected chi connectivity index (χ4v) is 2.92. The third-order valence-corrected chi connectivity index (χ3v) is 4.52. The Balaban J connectivity index is 2.15. The zero-order chi connectivity index (χ0) is 13.3. The van der Waals surface area contributed by atoms with Crippen LogP contribution in [0.1, 0.15) is 30.4 Å². The van der Waals surface area contributed by atoms with E-state index in [1.54, 1.807) is 12.1 Å². The molecule has 3 nitrogen and oxygen atoms in total. The molecule has 0 aliphatic heterocycles. The number of rotatable bonds is 5. The SMILES string of the molecule is Cc1cc(S(=O)(=O)Cl)cc(C)c1OCCC1CC1.